The van der Waals surface area contributed by atoms with Gasteiger partial charge in [-0.3, -0.25) is 0 Å². The van der Waals surface area contributed by atoms with Crippen molar-refractivity contribution in [3.63, 3.8) is 0 Å². The summed E-state index contributed by atoms with van der Waals surface area (Å²) in [7, 11) is 0. The molecule has 3 nitrogen and oxygen atoms in total. The van der Waals surface area contributed by atoms with Crippen molar-refractivity contribution in [2.45, 2.75) is 37.9 Å². The van der Waals surface area contributed by atoms with Gasteiger partial charge < -0.3 is 10.4 Å². The monoisotopic (exact) mass is 240 g/mol. The van der Waals surface area contributed by atoms with Gasteiger partial charge in [0, 0.05) is 31.1 Å². The Morgan fingerprint density at radius 2 is 2.31 bits per heavy atom. The van der Waals surface area contributed by atoms with Gasteiger partial charge in [-0.15, -0.1) is 11.8 Å². The van der Waals surface area contributed by atoms with Crippen LogP contribution in [0.3, 0.4) is 0 Å². The highest BCUT2D eigenvalue weighted by molar-refractivity contribution is 7.99. The van der Waals surface area contributed by atoms with Crippen LogP contribution >= 0.6 is 11.8 Å². The number of aliphatic hydroxyl groups is 1. The van der Waals surface area contributed by atoms with Crippen molar-refractivity contribution in [2.75, 3.05) is 12.4 Å². The molecule has 2 N–H and O–H groups in total. The Hall–Kier alpha value is -0.580. The second-order valence-electron chi connectivity index (χ2n) is 3.93. The fourth-order valence-corrected chi connectivity index (χ4v) is 2.16. The molecular weight excluding hydrogens is 220 g/mol. The lowest BCUT2D eigenvalue weighted by atomic mass is 10.2. The number of thioether (sulfide) groups is 1. The number of aromatic nitrogens is 1. The lowest BCUT2D eigenvalue weighted by molar-refractivity contribution is 0.296. The van der Waals surface area contributed by atoms with Gasteiger partial charge in [0.2, 0.25) is 0 Å². The van der Waals surface area contributed by atoms with Crippen LogP contribution in [0.4, 0.5) is 0 Å². The van der Waals surface area contributed by atoms with Crippen LogP contribution in [0.15, 0.2) is 23.4 Å². The third-order valence-corrected chi connectivity index (χ3v) is 3.23. The Labute approximate surface area is 102 Å². The van der Waals surface area contributed by atoms with Crippen molar-refractivity contribution in [1.29, 1.82) is 0 Å². The van der Waals surface area contributed by atoms with Crippen LogP contribution in [0.5, 0.6) is 0 Å². The summed E-state index contributed by atoms with van der Waals surface area (Å²) in [6.07, 6.45) is 2.64. The highest BCUT2D eigenvalue weighted by Gasteiger charge is 2.04. The summed E-state index contributed by atoms with van der Waals surface area (Å²) in [5.41, 5.74) is 1.24. The van der Waals surface area contributed by atoms with Crippen molar-refractivity contribution in [1.82, 2.24) is 10.3 Å². The minimum atomic E-state index is 0.249. The summed E-state index contributed by atoms with van der Waals surface area (Å²) in [5, 5.41) is 13.2. The van der Waals surface area contributed by atoms with E-state index < -0.39 is 0 Å². The van der Waals surface area contributed by atoms with Crippen molar-refractivity contribution >= 4 is 11.8 Å². The Morgan fingerprint density at radius 1 is 1.50 bits per heavy atom. The average molecular weight is 240 g/mol. The van der Waals surface area contributed by atoms with Crippen molar-refractivity contribution < 1.29 is 5.11 Å². The van der Waals surface area contributed by atoms with Crippen LogP contribution in [0.1, 0.15) is 25.8 Å². The maximum Gasteiger partial charge on any atom is 0.100 e. The van der Waals surface area contributed by atoms with Crippen molar-refractivity contribution in [3.8, 4) is 0 Å². The van der Waals surface area contributed by atoms with E-state index >= 15 is 0 Å². The van der Waals surface area contributed by atoms with E-state index in [4.69, 9.17) is 5.11 Å². The lowest BCUT2D eigenvalue weighted by Crippen LogP contribution is -2.22. The molecule has 0 radical (unpaired) electrons. The van der Waals surface area contributed by atoms with Crippen LogP contribution in [-0.2, 0) is 6.54 Å². The van der Waals surface area contributed by atoms with Crippen LogP contribution in [0.2, 0.25) is 0 Å². The molecule has 0 saturated carbocycles. The first-order valence-corrected chi connectivity index (χ1v) is 6.63. The first-order valence-electron chi connectivity index (χ1n) is 5.65. The lowest BCUT2D eigenvalue weighted by Gasteiger charge is -2.11. The summed E-state index contributed by atoms with van der Waals surface area (Å²) in [6.45, 7) is 5.37. The van der Waals surface area contributed by atoms with Gasteiger partial charge in [0.15, 0.2) is 0 Å². The Balaban J connectivity index is 2.53. The van der Waals surface area contributed by atoms with Gasteiger partial charge in [0.05, 0.1) is 0 Å². The molecule has 0 atom stereocenters. The molecule has 1 aromatic heterocycles. The van der Waals surface area contributed by atoms with Gasteiger partial charge in [-0.1, -0.05) is 19.9 Å². The van der Waals surface area contributed by atoms with Crippen LogP contribution in [-0.4, -0.2) is 28.5 Å². The van der Waals surface area contributed by atoms with E-state index in [1.165, 1.54) is 5.56 Å². The molecule has 16 heavy (non-hydrogen) atoms. The molecular formula is C12H20N2OS. The minimum absolute atomic E-state index is 0.249. The molecule has 0 aliphatic heterocycles. The molecule has 4 heteroatoms. The molecule has 0 bridgehead atoms. The molecule has 0 fully saturated rings. The molecule has 1 rings (SSSR count). The Kier molecular flexibility index (Phi) is 6.45. The van der Waals surface area contributed by atoms with Gasteiger partial charge in [-0.05, 0) is 18.1 Å². The number of rotatable bonds is 7. The number of hydrogen-bond donors (Lipinski definition) is 2. The zero-order valence-corrected chi connectivity index (χ0v) is 10.8. The molecule has 0 amide bonds. The highest BCUT2D eigenvalue weighted by atomic mass is 32.2. The van der Waals surface area contributed by atoms with E-state index in [9.17, 15) is 0 Å². The number of pyridine rings is 1. The molecule has 0 aliphatic rings. The average Bonchev–Trinajstić information content (AvgIpc) is 2.28. The van der Waals surface area contributed by atoms with Gasteiger partial charge >= 0.3 is 0 Å². The standard InChI is InChI=1S/C12H20N2OS/c1-10(2)14-9-11-5-3-6-13-12(11)16-8-4-7-15/h3,5-6,10,14-15H,4,7-9H2,1-2H3. The van der Waals surface area contributed by atoms with E-state index in [1.54, 1.807) is 11.8 Å². The summed E-state index contributed by atoms with van der Waals surface area (Å²) in [6, 6.07) is 4.55. The van der Waals surface area contributed by atoms with Crippen LogP contribution in [0.25, 0.3) is 0 Å². The van der Waals surface area contributed by atoms with Crippen LogP contribution in [0, 0.1) is 0 Å². The maximum absolute atomic E-state index is 8.74. The summed E-state index contributed by atoms with van der Waals surface area (Å²) in [4.78, 5) is 4.37. The summed E-state index contributed by atoms with van der Waals surface area (Å²) < 4.78 is 0. The first kappa shape index (κ1) is 13.5. The molecule has 0 spiro atoms. The number of hydrogen-bond acceptors (Lipinski definition) is 4. The fourth-order valence-electron chi connectivity index (χ4n) is 1.24. The fraction of sp³-hybridized carbons (Fsp3) is 0.583. The molecule has 0 aromatic carbocycles. The quantitative estimate of drug-likeness (QED) is 0.565. The normalized spacial score (nSPS) is 11.0. The minimum Gasteiger partial charge on any atom is -0.396 e. The number of nitrogens with zero attached hydrogens (tertiary/aromatic N) is 1. The topological polar surface area (TPSA) is 45.2 Å². The molecule has 1 aromatic rings. The Morgan fingerprint density at radius 3 is 3.00 bits per heavy atom. The number of aliphatic hydroxyl groups excluding tert-OH is 1. The zero-order chi connectivity index (χ0) is 11.8. The third kappa shape index (κ3) is 4.96. The maximum atomic E-state index is 8.74. The van der Waals surface area contributed by atoms with E-state index in [0.717, 1.165) is 23.7 Å². The Bertz CT molecular complexity index is 305. The zero-order valence-electron chi connectivity index (χ0n) is 9.94. The SMILES string of the molecule is CC(C)NCc1cccnc1SCCCO. The van der Waals surface area contributed by atoms with Gasteiger partial charge in [-0.25, -0.2) is 4.98 Å². The molecule has 1 heterocycles. The van der Waals surface area contributed by atoms with E-state index in [2.05, 4.69) is 30.2 Å². The number of nitrogens with one attached hydrogen (secondary N) is 1. The van der Waals surface area contributed by atoms with Gasteiger partial charge in [-0.2, -0.15) is 0 Å². The smallest absolute Gasteiger partial charge is 0.100 e. The second-order valence-corrected chi connectivity index (χ2v) is 5.01. The first-order chi connectivity index (χ1) is 7.74. The largest absolute Gasteiger partial charge is 0.396 e. The van der Waals surface area contributed by atoms with E-state index in [1.807, 2.05) is 12.3 Å². The van der Waals surface area contributed by atoms with E-state index in [-0.39, 0.29) is 6.61 Å². The molecule has 0 aliphatic carbocycles. The van der Waals surface area contributed by atoms with Gasteiger partial charge in [0.25, 0.3) is 0 Å². The van der Waals surface area contributed by atoms with E-state index in [0.29, 0.717) is 6.04 Å². The molecule has 0 saturated heterocycles. The summed E-state index contributed by atoms with van der Waals surface area (Å²) in [5.74, 6) is 0.919. The van der Waals surface area contributed by atoms with Crippen molar-refractivity contribution in [2.24, 2.45) is 0 Å². The van der Waals surface area contributed by atoms with Gasteiger partial charge in [0.1, 0.15) is 5.03 Å². The third-order valence-electron chi connectivity index (χ3n) is 2.09. The predicted molar refractivity (Wildman–Crippen MR) is 68.6 cm³/mol. The van der Waals surface area contributed by atoms with Crippen LogP contribution < -0.4 is 5.32 Å². The molecule has 0 unspecified atom stereocenters. The van der Waals surface area contributed by atoms with Crippen molar-refractivity contribution in [3.05, 3.63) is 23.9 Å². The predicted octanol–water partition coefficient (Wildman–Crippen LogP) is 2.05. The highest BCUT2D eigenvalue weighted by Crippen LogP contribution is 2.20. The summed E-state index contributed by atoms with van der Waals surface area (Å²) >= 11 is 1.71. The second kappa shape index (κ2) is 7.65. The molecule has 90 valence electrons.